The molecule has 1 aromatic carbocycles. The van der Waals surface area contributed by atoms with Crippen LogP contribution in [0.3, 0.4) is 0 Å². The van der Waals surface area contributed by atoms with Crippen LogP contribution in [0.15, 0.2) is 18.2 Å². The van der Waals surface area contributed by atoms with Gasteiger partial charge in [-0.1, -0.05) is 55.1 Å². The third-order valence-corrected chi connectivity index (χ3v) is 4.91. The van der Waals surface area contributed by atoms with Crippen LogP contribution in [-0.4, -0.2) is 7.05 Å². The Labute approximate surface area is 120 Å². The van der Waals surface area contributed by atoms with Gasteiger partial charge >= 0.3 is 0 Å². The molecular weight excluding hydrogens is 265 g/mol. The van der Waals surface area contributed by atoms with Crippen molar-refractivity contribution >= 4 is 23.2 Å². The van der Waals surface area contributed by atoms with Gasteiger partial charge in [-0.15, -0.1) is 0 Å². The van der Waals surface area contributed by atoms with Crippen LogP contribution < -0.4 is 5.32 Å². The van der Waals surface area contributed by atoms with Gasteiger partial charge in [-0.3, -0.25) is 0 Å². The highest BCUT2D eigenvalue weighted by atomic mass is 35.5. The highest BCUT2D eigenvalue weighted by Crippen LogP contribution is 2.40. The van der Waals surface area contributed by atoms with Gasteiger partial charge in [0.15, 0.2) is 0 Å². The zero-order chi connectivity index (χ0) is 13.1. The fourth-order valence-corrected chi connectivity index (χ4v) is 3.61. The van der Waals surface area contributed by atoms with Crippen LogP contribution in [-0.2, 0) is 0 Å². The number of halogens is 2. The van der Waals surface area contributed by atoms with Crippen LogP contribution in [0.1, 0.15) is 44.2 Å². The molecule has 0 bridgehead atoms. The first-order chi connectivity index (χ1) is 8.63. The summed E-state index contributed by atoms with van der Waals surface area (Å²) in [6.45, 7) is 2.35. The van der Waals surface area contributed by atoms with Crippen molar-refractivity contribution in [2.45, 2.75) is 38.6 Å². The summed E-state index contributed by atoms with van der Waals surface area (Å²) in [5.41, 5.74) is 1.14. The molecule has 3 unspecified atom stereocenters. The number of nitrogens with one attached hydrogen (secondary N) is 1. The summed E-state index contributed by atoms with van der Waals surface area (Å²) in [6.07, 6.45) is 5.23. The van der Waals surface area contributed by atoms with Crippen LogP contribution >= 0.6 is 23.2 Å². The summed E-state index contributed by atoms with van der Waals surface area (Å²) >= 11 is 12.5. The largest absolute Gasteiger partial charge is 0.313 e. The Bertz CT molecular complexity index is 405. The predicted molar refractivity (Wildman–Crippen MR) is 79.4 cm³/mol. The molecule has 1 aliphatic rings. The molecule has 3 atom stereocenters. The summed E-state index contributed by atoms with van der Waals surface area (Å²) in [5, 5.41) is 4.79. The molecule has 1 saturated carbocycles. The number of benzene rings is 1. The lowest BCUT2D eigenvalue weighted by molar-refractivity contribution is 0.230. The Morgan fingerprint density at radius 3 is 2.72 bits per heavy atom. The second kappa shape index (κ2) is 6.27. The van der Waals surface area contributed by atoms with E-state index in [0.29, 0.717) is 22.0 Å². The maximum absolute atomic E-state index is 6.35. The van der Waals surface area contributed by atoms with Gasteiger partial charge in [-0.05, 0) is 43.4 Å². The van der Waals surface area contributed by atoms with Crippen molar-refractivity contribution in [1.29, 1.82) is 0 Å². The fraction of sp³-hybridized carbons (Fsp3) is 0.600. The standard InChI is InChI=1S/C15H21Cl2N/c1-10-5-3-6-11(9-10)15(18-2)12-7-4-8-13(16)14(12)17/h4,7-8,10-11,15,18H,3,5-6,9H2,1-2H3. The van der Waals surface area contributed by atoms with Crippen molar-refractivity contribution in [3.05, 3.63) is 33.8 Å². The molecular formula is C15H21Cl2N. The van der Waals surface area contributed by atoms with Crippen LogP contribution in [0.4, 0.5) is 0 Å². The molecule has 0 amide bonds. The van der Waals surface area contributed by atoms with E-state index in [4.69, 9.17) is 23.2 Å². The van der Waals surface area contributed by atoms with Gasteiger partial charge in [0.25, 0.3) is 0 Å². The number of hydrogen-bond donors (Lipinski definition) is 1. The molecule has 2 rings (SSSR count). The lowest BCUT2D eigenvalue weighted by Gasteiger charge is -2.34. The van der Waals surface area contributed by atoms with Gasteiger partial charge in [-0.25, -0.2) is 0 Å². The first-order valence-electron chi connectivity index (χ1n) is 6.74. The molecule has 0 heterocycles. The van der Waals surface area contributed by atoms with Gasteiger partial charge in [0, 0.05) is 6.04 Å². The molecule has 1 fully saturated rings. The Morgan fingerprint density at radius 2 is 2.06 bits per heavy atom. The van der Waals surface area contributed by atoms with Gasteiger partial charge in [-0.2, -0.15) is 0 Å². The minimum atomic E-state index is 0.318. The van der Waals surface area contributed by atoms with Crippen molar-refractivity contribution in [2.24, 2.45) is 11.8 Å². The number of hydrogen-bond acceptors (Lipinski definition) is 1. The lowest BCUT2D eigenvalue weighted by atomic mass is 9.77. The minimum Gasteiger partial charge on any atom is -0.313 e. The van der Waals surface area contributed by atoms with Crippen LogP contribution in [0.2, 0.25) is 10.0 Å². The van der Waals surface area contributed by atoms with E-state index in [1.54, 1.807) is 0 Å². The molecule has 0 aliphatic heterocycles. The average Bonchev–Trinajstić information content (AvgIpc) is 2.35. The lowest BCUT2D eigenvalue weighted by Crippen LogP contribution is -2.29. The Balaban J connectivity index is 2.24. The molecule has 0 aromatic heterocycles. The zero-order valence-electron chi connectivity index (χ0n) is 11.0. The van der Waals surface area contributed by atoms with Gasteiger partial charge < -0.3 is 5.32 Å². The summed E-state index contributed by atoms with van der Waals surface area (Å²) < 4.78 is 0. The van der Waals surface area contributed by atoms with Gasteiger partial charge in [0.05, 0.1) is 10.0 Å². The van der Waals surface area contributed by atoms with Crippen molar-refractivity contribution in [2.75, 3.05) is 7.05 Å². The Morgan fingerprint density at radius 1 is 1.28 bits per heavy atom. The first kappa shape index (κ1) is 14.2. The third-order valence-electron chi connectivity index (χ3n) is 4.08. The molecule has 1 aromatic rings. The molecule has 18 heavy (non-hydrogen) atoms. The van der Waals surface area contributed by atoms with Crippen molar-refractivity contribution < 1.29 is 0 Å². The molecule has 1 nitrogen and oxygen atoms in total. The van der Waals surface area contributed by atoms with Crippen LogP contribution in [0, 0.1) is 11.8 Å². The number of rotatable bonds is 3. The Kier molecular flexibility index (Phi) is 4.94. The van der Waals surface area contributed by atoms with Gasteiger partial charge in [0.1, 0.15) is 0 Å². The molecule has 1 aliphatic carbocycles. The fourth-order valence-electron chi connectivity index (χ4n) is 3.19. The maximum Gasteiger partial charge on any atom is 0.0640 e. The molecule has 3 heteroatoms. The van der Waals surface area contributed by atoms with Crippen LogP contribution in [0.25, 0.3) is 0 Å². The predicted octanol–water partition coefficient (Wildman–Crippen LogP) is 5.08. The highest BCUT2D eigenvalue weighted by Gasteiger charge is 2.28. The smallest absolute Gasteiger partial charge is 0.0640 e. The second-order valence-corrected chi connectivity index (χ2v) is 6.23. The van der Waals surface area contributed by atoms with Crippen LogP contribution in [0.5, 0.6) is 0 Å². The van der Waals surface area contributed by atoms with Crippen molar-refractivity contribution in [3.8, 4) is 0 Å². The SMILES string of the molecule is CNC(c1cccc(Cl)c1Cl)C1CCCC(C)C1. The topological polar surface area (TPSA) is 12.0 Å². The zero-order valence-corrected chi connectivity index (χ0v) is 12.6. The minimum absolute atomic E-state index is 0.318. The first-order valence-corrected chi connectivity index (χ1v) is 7.50. The van der Waals surface area contributed by atoms with E-state index in [1.807, 2.05) is 19.2 Å². The van der Waals surface area contributed by atoms with Gasteiger partial charge in [0.2, 0.25) is 0 Å². The van der Waals surface area contributed by atoms with Crippen molar-refractivity contribution in [3.63, 3.8) is 0 Å². The molecule has 0 saturated heterocycles. The third kappa shape index (κ3) is 3.01. The summed E-state index contributed by atoms with van der Waals surface area (Å²) in [7, 11) is 2.02. The summed E-state index contributed by atoms with van der Waals surface area (Å²) in [5.74, 6) is 1.48. The van der Waals surface area contributed by atoms with E-state index in [-0.39, 0.29) is 0 Å². The Hall–Kier alpha value is -0.240. The van der Waals surface area contributed by atoms with Crippen molar-refractivity contribution in [1.82, 2.24) is 5.32 Å². The molecule has 0 spiro atoms. The average molecular weight is 286 g/mol. The highest BCUT2D eigenvalue weighted by molar-refractivity contribution is 6.42. The molecule has 100 valence electrons. The molecule has 0 radical (unpaired) electrons. The van der Waals surface area contributed by atoms with E-state index in [9.17, 15) is 0 Å². The van der Waals surface area contributed by atoms with E-state index in [0.717, 1.165) is 11.5 Å². The maximum atomic E-state index is 6.35. The van der Waals surface area contributed by atoms with E-state index >= 15 is 0 Å². The second-order valence-electron chi connectivity index (χ2n) is 5.44. The normalized spacial score (nSPS) is 26.0. The summed E-state index contributed by atoms with van der Waals surface area (Å²) in [6, 6.07) is 6.25. The summed E-state index contributed by atoms with van der Waals surface area (Å²) in [4.78, 5) is 0. The van der Waals surface area contributed by atoms with E-state index in [2.05, 4.69) is 18.3 Å². The van der Waals surface area contributed by atoms with E-state index in [1.165, 1.54) is 25.7 Å². The van der Waals surface area contributed by atoms with E-state index < -0.39 is 0 Å². The quantitative estimate of drug-likeness (QED) is 0.817. The molecule has 1 N–H and O–H groups in total. The monoisotopic (exact) mass is 285 g/mol.